The second-order valence-electron chi connectivity index (χ2n) is 5.60. The molecule has 3 rings (SSSR count). The summed E-state index contributed by atoms with van der Waals surface area (Å²) >= 11 is 0. The molecule has 24 heavy (non-hydrogen) atoms. The summed E-state index contributed by atoms with van der Waals surface area (Å²) in [6, 6.07) is 17.7. The number of amides is 1. The maximum Gasteiger partial charge on any atom is 0.254 e. The van der Waals surface area contributed by atoms with E-state index in [9.17, 15) is 4.79 Å². The molecule has 0 unspecified atom stereocenters. The molecule has 3 N–H and O–H groups in total. The third kappa shape index (κ3) is 3.57. The zero-order chi connectivity index (χ0) is 16.9. The van der Waals surface area contributed by atoms with E-state index >= 15 is 0 Å². The number of rotatable bonds is 5. The number of hydrogen-bond donors (Lipinski definition) is 2. The van der Waals surface area contributed by atoms with Crippen molar-refractivity contribution in [3.8, 4) is 0 Å². The van der Waals surface area contributed by atoms with Crippen molar-refractivity contribution in [2.24, 2.45) is 10.7 Å². The van der Waals surface area contributed by atoms with Crippen LogP contribution >= 0.6 is 0 Å². The molecule has 0 aliphatic carbocycles. The largest absolute Gasteiger partial charge is 0.365 e. The van der Waals surface area contributed by atoms with E-state index in [1.54, 1.807) is 6.21 Å². The van der Waals surface area contributed by atoms with Crippen molar-refractivity contribution in [3.63, 3.8) is 0 Å². The maximum atomic E-state index is 11.8. The predicted octanol–water partition coefficient (Wildman–Crippen LogP) is 3.16. The fraction of sp³-hybridized carbons (Fsp3) is 0.105. The molecule has 0 bridgehead atoms. The summed E-state index contributed by atoms with van der Waals surface area (Å²) in [5, 5.41) is 7.03. The number of benzene rings is 2. The number of hydrogen-bond acceptors (Lipinski definition) is 3. The number of carbonyl (C=O) groups is 1. The summed E-state index contributed by atoms with van der Waals surface area (Å²) < 4.78 is 0. The summed E-state index contributed by atoms with van der Waals surface area (Å²) in [5.74, 6) is -0.222. The highest BCUT2D eigenvalue weighted by molar-refractivity contribution is 5.99. The van der Waals surface area contributed by atoms with Crippen LogP contribution in [0.2, 0.25) is 0 Å². The zero-order valence-electron chi connectivity index (χ0n) is 13.4. The fourth-order valence-electron chi connectivity index (χ4n) is 2.44. The van der Waals surface area contributed by atoms with Crippen molar-refractivity contribution >= 4 is 17.9 Å². The van der Waals surface area contributed by atoms with Crippen LogP contribution in [-0.2, 0) is 6.42 Å². The number of nitrogens with one attached hydrogen (secondary N) is 1. The van der Waals surface area contributed by atoms with Gasteiger partial charge in [-0.3, -0.25) is 9.89 Å². The quantitative estimate of drug-likeness (QED) is 0.708. The molecule has 0 saturated carbocycles. The van der Waals surface area contributed by atoms with Crippen LogP contribution in [0, 0.1) is 6.92 Å². The van der Waals surface area contributed by atoms with Gasteiger partial charge in [0.1, 0.15) is 5.56 Å². The van der Waals surface area contributed by atoms with E-state index < -0.39 is 5.91 Å². The van der Waals surface area contributed by atoms with Gasteiger partial charge in [-0.2, -0.15) is 5.10 Å². The van der Waals surface area contributed by atoms with E-state index in [0.29, 0.717) is 23.5 Å². The van der Waals surface area contributed by atoms with Crippen molar-refractivity contribution < 1.29 is 4.79 Å². The van der Waals surface area contributed by atoms with Gasteiger partial charge in [0, 0.05) is 12.6 Å². The minimum Gasteiger partial charge on any atom is -0.365 e. The van der Waals surface area contributed by atoms with Gasteiger partial charge in [0.2, 0.25) is 0 Å². The third-order valence-electron chi connectivity index (χ3n) is 3.71. The van der Waals surface area contributed by atoms with E-state index in [4.69, 9.17) is 5.73 Å². The first kappa shape index (κ1) is 15.7. The Morgan fingerprint density at radius 2 is 1.88 bits per heavy atom. The number of primary amides is 1. The van der Waals surface area contributed by atoms with E-state index in [1.807, 2.05) is 61.5 Å². The zero-order valence-corrected chi connectivity index (χ0v) is 13.4. The normalized spacial score (nSPS) is 11.0. The van der Waals surface area contributed by atoms with Crippen LogP contribution in [0.5, 0.6) is 0 Å². The molecular weight excluding hydrogens is 300 g/mol. The van der Waals surface area contributed by atoms with Gasteiger partial charge in [0.25, 0.3) is 5.91 Å². The topological polar surface area (TPSA) is 84.1 Å². The van der Waals surface area contributed by atoms with Crippen LogP contribution in [-0.4, -0.2) is 22.3 Å². The summed E-state index contributed by atoms with van der Waals surface area (Å²) in [5.41, 5.74) is 9.71. The van der Waals surface area contributed by atoms with Gasteiger partial charge < -0.3 is 5.73 Å². The van der Waals surface area contributed by atoms with Crippen molar-refractivity contribution in [1.29, 1.82) is 0 Å². The number of carbonyl (C=O) groups excluding carboxylic acids is 1. The van der Waals surface area contributed by atoms with Gasteiger partial charge in [-0.05, 0) is 18.1 Å². The smallest absolute Gasteiger partial charge is 0.254 e. The third-order valence-corrected chi connectivity index (χ3v) is 3.71. The molecule has 1 heterocycles. The fourth-order valence-corrected chi connectivity index (χ4v) is 2.44. The van der Waals surface area contributed by atoms with Crippen LogP contribution < -0.4 is 5.73 Å². The van der Waals surface area contributed by atoms with Crippen LogP contribution in [0.3, 0.4) is 0 Å². The van der Waals surface area contributed by atoms with Crippen molar-refractivity contribution in [3.05, 3.63) is 82.5 Å². The Hall–Kier alpha value is -3.21. The molecule has 120 valence electrons. The molecule has 3 aromatic rings. The molecule has 0 fully saturated rings. The molecule has 1 amide bonds. The van der Waals surface area contributed by atoms with E-state index in [-0.39, 0.29) is 0 Å². The molecule has 0 radical (unpaired) electrons. The van der Waals surface area contributed by atoms with Gasteiger partial charge in [-0.25, -0.2) is 4.99 Å². The first-order valence-electron chi connectivity index (χ1n) is 7.65. The van der Waals surface area contributed by atoms with Gasteiger partial charge in [-0.15, -0.1) is 0 Å². The monoisotopic (exact) mass is 318 g/mol. The molecule has 0 aliphatic rings. The van der Waals surface area contributed by atoms with Crippen molar-refractivity contribution in [2.45, 2.75) is 13.3 Å². The van der Waals surface area contributed by atoms with E-state index in [2.05, 4.69) is 15.2 Å². The average molecular weight is 318 g/mol. The number of H-pyrrole nitrogens is 1. The lowest BCUT2D eigenvalue weighted by Crippen LogP contribution is -2.13. The molecule has 2 aromatic carbocycles. The van der Waals surface area contributed by atoms with Gasteiger partial charge in [0.05, 0.1) is 5.69 Å². The Kier molecular flexibility index (Phi) is 4.52. The molecular formula is C19H18N4O. The lowest BCUT2D eigenvalue weighted by molar-refractivity contribution is 0.100. The summed E-state index contributed by atoms with van der Waals surface area (Å²) in [4.78, 5) is 16.2. The van der Waals surface area contributed by atoms with Crippen molar-refractivity contribution in [1.82, 2.24) is 10.2 Å². The van der Waals surface area contributed by atoms with Crippen LogP contribution in [0.15, 0.2) is 59.6 Å². The van der Waals surface area contributed by atoms with Gasteiger partial charge in [-0.1, -0.05) is 60.2 Å². The molecule has 0 atom stereocenters. The van der Waals surface area contributed by atoms with E-state index in [0.717, 1.165) is 11.1 Å². The molecule has 0 spiro atoms. The number of aliphatic imine (C=N–C) groups is 1. The van der Waals surface area contributed by atoms with Crippen LogP contribution in [0.1, 0.15) is 32.7 Å². The van der Waals surface area contributed by atoms with Crippen LogP contribution in [0.25, 0.3) is 0 Å². The lowest BCUT2D eigenvalue weighted by Gasteiger charge is -2.01. The van der Waals surface area contributed by atoms with E-state index in [1.165, 1.54) is 5.56 Å². The number of aromatic nitrogens is 2. The SMILES string of the molecule is Cc1ccc(C=Nc2n[nH]c(Cc3ccccc3)c2C(N)=O)cc1. The highest BCUT2D eigenvalue weighted by Crippen LogP contribution is 2.21. The summed E-state index contributed by atoms with van der Waals surface area (Å²) in [6.45, 7) is 2.02. The molecule has 5 nitrogen and oxygen atoms in total. The average Bonchev–Trinajstić information content (AvgIpc) is 2.98. The summed E-state index contributed by atoms with van der Waals surface area (Å²) in [7, 11) is 0. The Morgan fingerprint density at radius 1 is 1.17 bits per heavy atom. The Balaban J connectivity index is 1.88. The maximum absolute atomic E-state index is 11.8. The Bertz CT molecular complexity index is 864. The number of nitrogens with zero attached hydrogens (tertiary/aromatic N) is 2. The van der Waals surface area contributed by atoms with Crippen LogP contribution in [0.4, 0.5) is 5.82 Å². The van der Waals surface area contributed by atoms with Gasteiger partial charge >= 0.3 is 0 Å². The first-order valence-corrected chi connectivity index (χ1v) is 7.65. The minimum absolute atomic E-state index is 0.314. The summed E-state index contributed by atoms with van der Waals surface area (Å²) in [6.07, 6.45) is 2.22. The molecule has 0 saturated heterocycles. The Labute approximate surface area is 140 Å². The van der Waals surface area contributed by atoms with Gasteiger partial charge in [0.15, 0.2) is 5.82 Å². The molecule has 1 aromatic heterocycles. The minimum atomic E-state index is -0.536. The Morgan fingerprint density at radius 3 is 2.54 bits per heavy atom. The second kappa shape index (κ2) is 6.91. The van der Waals surface area contributed by atoms with Crippen molar-refractivity contribution in [2.75, 3.05) is 0 Å². The predicted molar refractivity (Wildman–Crippen MR) is 94.8 cm³/mol. The standard InChI is InChI=1S/C19H18N4O/c1-13-7-9-15(10-8-13)12-21-19-17(18(20)24)16(22-23-19)11-14-5-3-2-4-6-14/h2-10,12H,11H2,1H3,(H2,20,24)(H,22,23). The molecule has 5 heteroatoms. The highest BCUT2D eigenvalue weighted by Gasteiger charge is 2.17. The number of aromatic amines is 1. The number of nitrogens with two attached hydrogens (primary N) is 1. The molecule has 0 aliphatic heterocycles. The lowest BCUT2D eigenvalue weighted by atomic mass is 10.1. The first-order chi connectivity index (χ1) is 11.6. The number of aryl methyl sites for hydroxylation is 1. The highest BCUT2D eigenvalue weighted by atomic mass is 16.1. The second-order valence-corrected chi connectivity index (χ2v) is 5.60.